The van der Waals surface area contributed by atoms with Crippen LogP contribution in [0.15, 0.2) is 78.2 Å². The Morgan fingerprint density at radius 2 is 1.86 bits per heavy atom. The lowest BCUT2D eigenvalue weighted by atomic mass is 10.0. The van der Waals surface area contributed by atoms with E-state index < -0.39 is 0 Å². The summed E-state index contributed by atoms with van der Waals surface area (Å²) in [6, 6.07) is 22.1. The van der Waals surface area contributed by atoms with Crippen molar-refractivity contribution in [2.45, 2.75) is 23.9 Å². The molecule has 0 saturated heterocycles. The summed E-state index contributed by atoms with van der Waals surface area (Å²) in [6.07, 6.45) is 1.48. The minimum atomic E-state index is -0.0907. The molecule has 1 aromatic heterocycles. The zero-order valence-corrected chi connectivity index (χ0v) is 16.2. The molecular weight excluding hydrogens is 368 g/mol. The van der Waals surface area contributed by atoms with E-state index >= 15 is 0 Å². The van der Waals surface area contributed by atoms with Crippen LogP contribution in [0.4, 0.5) is 0 Å². The summed E-state index contributed by atoms with van der Waals surface area (Å²) in [4.78, 5) is 17.0. The van der Waals surface area contributed by atoms with Crippen LogP contribution >= 0.6 is 11.8 Å². The van der Waals surface area contributed by atoms with Crippen molar-refractivity contribution < 1.29 is 4.79 Å². The Labute approximate surface area is 167 Å². The molecule has 28 heavy (non-hydrogen) atoms. The van der Waals surface area contributed by atoms with Gasteiger partial charge in [0.2, 0.25) is 0 Å². The van der Waals surface area contributed by atoms with Crippen LogP contribution in [0.5, 0.6) is 0 Å². The highest BCUT2D eigenvalue weighted by Gasteiger charge is 2.15. The summed E-state index contributed by atoms with van der Waals surface area (Å²) < 4.78 is 0. The van der Waals surface area contributed by atoms with Gasteiger partial charge in [0.25, 0.3) is 5.91 Å². The van der Waals surface area contributed by atoms with Gasteiger partial charge in [-0.25, -0.2) is 4.98 Å². The number of rotatable bonds is 6. The van der Waals surface area contributed by atoms with Gasteiger partial charge in [-0.05, 0) is 41.0 Å². The Bertz CT molecular complexity index is 1090. The predicted octanol–water partition coefficient (Wildman–Crippen LogP) is 4.74. The minimum Gasteiger partial charge on any atom is -0.346 e. The lowest BCUT2D eigenvalue weighted by Crippen LogP contribution is -2.27. The topological polar surface area (TPSA) is 70.7 Å². The standard InChI is InChI=1S/C22H20N4OS/c1-15(17-11-10-16-6-2-3-7-18(16)12-17)25-21(27)20-9-5-4-8-19(20)13-28-22-23-14-24-26-22/h2-12,14-15H,13H2,1H3,(H,25,27)(H,23,24,26). The summed E-state index contributed by atoms with van der Waals surface area (Å²) in [5.41, 5.74) is 2.73. The summed E-state index contributed by atoms with van der Waals surface area (Å²) in [7, 11) is 0. The number of nitrogens with one attached hydrogen (secondary N) is 2. The molecular formula is C22H20N4OS. The van der Waals surface area contributed by atoms with Crippen molar-refractivity contribution in [1.82, 2.24) is 20.5 Å². The van der Waals surface area contributed by atoms with Crippen molar-refractivity contribution in [1.29, 1.82) is 0 Å². The number of aromatic amines is 1. The number of carbonyl (C=O) groups excluding carboxylic acids is 1. The van der Waals surface area contributed by atoms with Gasteiger partial charge in [-0.3, -0.25) is 9.89 Å². The molecule has 1 amide bonds. The first-order valence-corrected chi connectivity index (χ1v) is 10.0. The third-order valence-electron chi connectivity index (χ3n) is 4.64. The van der Waals surface area contributed by atoms with Crippen LogP contribution in [0.3, 0.4) is 0 Å². The number of amides is 1. The Morgan fingerprint density at radius 3 is 2.68 bits per heavy atom. The second-order valence-corrected chi connectivity index (χ2v) is 7.50. The molecule has 0 spiro atoms. The van der Waals surface area contributed by atoms with Gasteiger partial charge in [-0.1, -0.05) is 66.4 Å². The van der Waals surface area contributed by atoms with Crippen molar-refractivity contribution in [2.75, 3.05) is 0 Å². The lowest BCUT2D eigenvalue weighted by Gasteiger charge is -2.16. The summed E-state index contributed by atoms with van der Waals surface area (Å²) in [6.45, 7) is 2.01. The van der Waals surface area contributed by atoms with Crippen molar-refractivity contribution in [3.8, 4) is 0 Å². The van der Waals surface area contributed by atoms with E-state index in [-0.39, 0.29) is 11.9 Å². The van der Waals surface area contributed by atoms with Gasteiger partial charge in [-0.15, -0.1) is 0 Å². The second kappa shape index (κ2) is 8.27. The van der Waals surface area contributed by atoms with Crippen molar-refractivity contribution >= 4 is 28.4 Å². The fourth-order valence-corrected chi connectivity index (χ4v) is 3.90. The average Bonchev–Trinajstić information content (AvgIpc) is 3.25. The largest absolute Gasteiger partial charge is 0.346 e. The molecule has 0 saturated carbocycles. The van der Waals surface area contributed by atoms with Crippen LogP contribution in [0, 0.1) is 0 Å². The van der Waals surface area contributed by atoms with Crippen LogP contribution in [0.1, 0.15) is 34.5 Å². The molecule has 0 aliphatic carbocycles. The molecule has 6 heteroatoms. The maximum absolute atomic E-state index is 12.9. The number of aromatic nitrogens is 3. The zero-order valence-electron chi connectivity index (χ0n) is 15.4. The number of hydrogen-bond acceptors (Lipinski definition) is 4. The first-order valence-electron chi connectivity index (χ1n) is 9.06. The number of nitrogens with zero attached hydrogens (tertiary/aromatic N) is 2. The predicted molar refractivity (Wildman–Crippen MR) is 112 cm³/mol. The third kappa shape index (κ3) is 4.07. The van der Waals surface area contributed by atoms with Gasteiger partial charge in [0.15, 0.2) is 5.16 Å². The van der Waals surface area contributed by atoms with Crippen LogP contribution in [0.2, 0.25) is 0 Å². The monoisotopic (exact) mass is 388 g/mol. The maximum Gasteiger partial charge on any atom is 0.252 e. The van der Waals surface area contributed by atoms with Gasteiger partial charge in [0, 0.05) is 11.3 Å². The van der Waals surface area contributed by atoms with E-state index in [1.807, 2.05) is 43.3 Å². The number of carbonyl (C=O) groups is 1. The molecule has 1 atom stereocenters. The van der Waals surface area contributed by atoms with Crippen LogP contribution in [-0.4, -0.2) is 21.1 Å². The SMILES string of the molecule is CC(NC(=O)c1ccccc1CSc1ncn[nH]1)c1ccc2ccccc2c1. The van der Waals surface area contributed by atoms with Crippen LogP contribution in [-0.2, 0) is 5.75 Å². The normalized spacial score (nSPS) is 12.0. The average molecular weight is 388 g/mol. The first-order chi connectivity index (χ1) is 13.7. The van der Waals surface area contributed by atoms with Gasteiger partial charge < -0.3 is 5.32 Å². The van der Waals surface area contributed by atoms with E-state index in [0.29, 0.717) is 11.3 Å². The molecule has 1 unspecified atom stereocenters. The zero-order chi connectivity index (χ0) is 19.3. The van der Waals surface area contributed by atoms with E-state index in [9.17, 15) is 4.79 Å². The maximum atomic E-state index is 12.9. The summed E-state index contributed by atoms with van der Waals surface area (Å²) in [5.74, 6) is 0.567. The third-order valence-corrected chi connectivity index (χ3v) is 5.57. The molecule has 0 radical (unpaired) electrons. The molecule has 0 bridgehead atoms. The molecule has 3 aromatic carbocycles. The number of H-pyrrole nitrogens is 1. The number of hydrogen-bond donors (Lipinski definition) is 2. The minimum absolute atomic E-state index is 0.0746. The van der Waals surface area contributed by atoms with E-state index in [4.69, 9.17) is 0 Å². The fourth-order valence-electron chi connectivity index (χ4n) is 3.11. The lowest BCUT2D eigenvalue weighted by molar-refractivity contribution is 0.0939. The molecule has 1 heterocycles. The van der Waals surface area contributed by atoms with Crippen LogP contribution < -0.4 is 5.32 Å². The highest BCUT2D eigenvalue weighted by Crippen LogP contribution is 2.23. The first kappa shape index (κ1) is 18.3. The quantitative estimate of drug-likeness (QED) is 0.468. The Morgan fingerprint density at radius 1 is 1.07 bits per heavy atom. The number of fused-ring (bicyclic) bond motifs is 1. The number of benzene rings is 3. The van der Waals surface area contributed by atoms with Crippen molar-refractivity contribution in [3.63, 3.8) is 0 Å². The smallest absolute Gasteiger partial charge is 0.252 e. The van der Waals surface area contributed by atoms with Crippen molar-refractivity contribution in [3.05, 3.63) is 89.7 Å². The van der Waals surface area contributed by atoms with Gasteiger partial charge in [0.1, 0.15) is 6.33 Å². The fraction of sp³-hybridized carbons (Fsp3) is 0.136. The molecule has 4 aromatic rings. The van der Waals surface area contributed by atoms with E-state index in [1.54, 1.807) is 0 Å². The Kier molecular flexibility index (Phi) is 5.39. The van der Waals surface area contributed by atoms with Gasteiger partial charge in [-0.2, -0.15) is 5.10 Å². The molecule has 0 aliphatic heterocycles. The molecule has 5 nitrogen and oxygen atoms in total. The molecule has 4 rings (SSSR count). The highest BCUT2D eigenvalue weighted by molar-refractivity contribution is 7.98. The summed E-state index contributed by atoms with van der Waals surface area (Å²) in [5, 5.41) is 12.9. The van der Waals surface area contributed by atoms with Gasteiger partial charge in [0.05, 0.1) is 6.04 Å². The van der Waals surface area contributed by atoms with E-state index in [0.717, 1.165) is 16.3 Å². The highest BCUT2D eigenvalue weighted by atomic mass is 32.2. The van der Waals surface area contributed by atoms with E-state index in [1.165, 1.54) is 28.9 Å². The molecule has 2 N–H and O–H groups in total. The molecule has 0 fully saturated rings. The Hall–Kier alpha value is -3.12. The number of thioether (sulfide) groups is 1. The molecule has 0 aliphatic rings. The molecule has 140 valence electrons. The van der Waals surface area contributed by atoms with Crippen LogP contribution in [0.25, 0.3) is 10.8 Å². The van der Waals surface area contributed by atoms with Crippen molar-refractivity contribution in [2.24, 2.45) is 0 Å². The van der Waals surface area contributed by atoms with Gasteiger partial charge >= 0.3 is 0 Å². The second-order valence-electron chi connectivity index (χ2n) is 6.54. The van der Waals surface area contributed by atoms with E-state index in [2.05, 4.69) is 50.8 Å². The summed E-state index contributed by atoms with van der Waals surface area (Å²) >= 11 is 1.52. The Balaban J connectivity index is 1.49.